The smallest absolute Gasteiger partial charge is 0.260 e. The number of aryl methyl sites for hydroxylation is 1. The molecule has 6 nitrogen and oxygen atoms in total. The largest absolute Gasteiger partial charge is 0.507 e. The van der Waals surface area contributed by atoms with E-state index in [4.69, 9.17) is 9.15 Å². The van der Waals surface area contributed by atoms with Crippen LogP contribution < -0.4 is 10.3 Å². The molecule has 158 valence electrons. The first kappa shape index (κ1) is 20.3. The maximum atomic E-state index is 13.6. The molecule has 2 aromatic heterocycles. The van der Waals surface area contributed by atoms with E-state index in [-0.39, 0.29) is 17.4 Å². The van der Waals surface area contributed by atoms with Gasteiger partial charge in [0.2, 0.25) is 0 Å². The highest BCUT2D eigenvalue weighted by Crippen LogP contribution is 2.35. The third-order valence-corrected chi connectivity index (χ3v) is 5.88. The molecule has 3 heterocycles. The lowest BCUT2D eigenvalue weighted by Gasteiger charge is -2.35. The highest BCUT2D eigenvalue weighted by Gasteiger charge is 2.30. The van der Waals surface area contributed by atoms with Crippen LogP contribution in [0.2, 0.25) is 0 Å². The van der Waals surface area contributed by atoms with Gasteiger partial charge < -0.3 is 18.8 Å². The fourth-order valence-corrected chi connectivity index (χ4v) is 4.30. The summed E-state index contributed by atoms with van der Waals surface area (Å²) in [6, 6.07) is 12.8. The van der Waals surface area contributed by atoms with Crippen LogP contribution in [0, 0.1) is 6.92 Å². The summed E-state index contributed by atoms with van der Waals surface area (Å²) in [4.78, 5) is 15.9. The molecular weight excluding hydrogens is 380 g/mol. The maximum Gasteiger partial charge on any atom is 0.260 e. The average Bonchev–Trinajstić information content (AvgIpc) is 3.28. The molecule has 1 atom stereocenters. The van der Waals surface area contributed by atoms with Gasteiger partial charge in [-0.05, 0) is 68.8 Å². The molecule has 3 aromatic rings. The number of hydrogen-bond acceptors (Lipinski definition) is 5. The van der Waals surface area contributed by atoms with E-state index in [1.165, 1.54) is 6.42 Å². The van der Waals surface area contributed by atoms with Gasteiger partial charge in [0.25, 0.3) is 5.56 Å². The zero-order chi connectivity index (χ0) is 21.1. The van der Waals surface area contributed by atoms with Crippen LogP contribution in [-0.4, -0.2) is 34.8 Å². The number of furan rings is 1. The lowest BCUT2D eigenvalue weighted by atomic mass is 9.94. The number of methoxy groups -OCH3 is 1. The summed E-state index contributed by atoms with van der Waals surface area (Å²) in [6.07, 6.45) is 4.96. The molecular formula is C24H28N2O4. The summed E-state index contributed by atoms with van der Waals surface area (Å²) in [5.74, 6) is 1.51. The molecule has 0 bridgehead atoms. The number of aromatic nitrogens is 1. The van der Waals surface area contributed by atoms with Gasteiger partial charge >= 0.3 is 0 Å². The molecule has 0 aliphatic carbocycles. The third-order valence-electron chi connectivity index (χ3n) is 5.88. The molecule has 0 spiro atoms. The fraction of sp³-hybridized carbons (Fsp3) is 0.375. The van der Waals surface area contributed by atoms with Crippen molar-refractivity contribution in [2.24, 2.45) is 0 Å². The van der Waals surface area contributed by atoms with Crippen LogP contribution >= 0.6 is 0 Å². The molecule has 1 aliphatic rings. The van der Waals surface area contributed by atoms with E-state index < -0.39 is 0 Å². The SMILES string of the molecule is COc1ccc([C@H](c2c(O)cc(C)n(Cc3ccco3)c2=O)N2CCCCC2)cc1. The lowest BCUT2D eigenvalue weighted by molar-refractivity contribution is 0.183. The summed E-state index contributed by atoms with van der Waals surface area (Å²) in [5.41, 5.74) is 1.90. The Morgan fingerprint density at radius 2 is 1.87 bits per heavy atom. The number of rotatable bonds is 6. The minimum absolute atomic E-state index is 0.0413. The minimum Gasteiger partial charge on any atom is -0.507 e. The van der Waals surface area contributed by atoms with Crippen molar-refractivity contribution in [2.45, 2.75) is 38.8 Å². The van der Waals surface area contributed by atoms with Crippen LogP contribution in [0.15, 0.2) is 57.9 Å². The van der Waals surface area contributed by atoms with E-state index in [2.05, 4.69) is 4.90 Å². The van der Waals surface area contributed by atoms with Gasteiger partial charge in [0.05, 0.1) is 31.5 Å². The lowest BCUT2D eigenvalue weighted by Crippen LogP contribution is -2.38. The summed E-state index contributed by atoms with van der Waals surface area (Å²) >= 11 is 0. The Bertz CT molecular complexity index is 1030. The van der Waals surface area contributed by atoms with Crippen molar-refractivity contribution in [1.82, 2.24) is 9.47 Å². The quantitative estimate of drug-likeness (QED) is 0.665. The Balaban J connectivity index is 1.83. The van der Waals surface area contributed by atoms with Gasteiger partial charge in [-0.15, -0.1) is 0 Å². The van der Waals surface area contributed by atoms with Gasteiger partial charge in [0.1, 0.15) is 17.3 Å². The van der Waals surface area contributed by atoms with Crippen molar-refractivity contribution in [3.63, 3.8) is 0 Å². The predicted octanol–water partition coefficient (Wildman–Crippen LogP) is 4.09. The predicted molar refractivity (Wildman–Crippen MR) is 115 cm³/mol. The molecule has 6 heteroatoms. The van der Waals surface area contributed by atoms with Crippen molar-refractivity contribution in [3.05, 3.63) is 81.7 Å². The molecule has 1 fully saturated rings. The molecule has 4 rings (SSSR count). The van der Waals surface area contributed by atoms with Crippen molar-refractivity contribution in [2.75, 3.05) is 20.2 Å². The second-order valence-corrected chi connectivity index (χ2v) is 7.83. The molecule has 0 amide bonds. The number of aromatic hydroxyl groups is 1. The van der Waals surface area contributed by atoms with Gasteiger partial charge in [-0.3, -0.25) is 9.69 Å². The molecule has 0 unspecified atom stereocenters. The second-order valence-electron chi connectivity index (χ2n) is 7.83. The maximum absolute atomic E-state index is 13.6. The third kappa shape index (κ3) is 4.00. The second kappa shape index (κ2) is 8.79. The summed E-state index contributed by atoms with van der Waals surface area (Å²) < 4.78 is 12.4. The van der Waals surface area contributed by atoms with E-state index in [1.807, 2.05) is 43.3 Å². The highest BCUT2D eigenvalue weighted by molar-refractivity contribution is 5.42. The number of likely N-dealkylation sites (tertiary alicyclic amines) is 1. The number of benzene rings is 1. The summed E-state index contributed by atoms with van der Waals surface area (Å²) in [6.45, 7) is 3.95. The van der Waals surface area contributed by atoms with E-state index in [0.717, 1.165) is 37.2 Å². The van der Waals surface area contributed by atoms with Crippen molar-refractivity contribution < 1.29 is 14.3 Å². The Labute approximate surface area is 176 Å². The minimum atomic E-state index is -0.313. The molecule has 1 aromatic carbocycles. The zero-order valence-electron chi connectivity index (χ0n) is 17.5. The normalized spacial score (nSPS) is 15.8. The fourth-order valence-electron chi connectivity index (χ4n) is 4.30. The highest BCUT2D eigenvalue weighted by atomic mass is 16.5. The van der Waals surface area contributed by atoms with E-state index in [9.17, 15) is 9.90 Å². The molecule has 30 heavy (non-hydrogen) atoms. The first-order chi connectivity index (χ1) is 14.6. The molecule has 1 aliphatic heterocycles. The average molecular weight is 408 g/mol. The number of pyridine rings is 1. The van der Waals surface area contributed by atoms with Crippen LogP contribution in [0.4, 0.5) is 0 Å². The number of ether oxygens (including phenoxy) is 1. The van der Waals surface area contributed by atoms with Crippen LogP contribution in [0.5, 0.6) is 11.5 Å². The Morgan fingerprint density at radius 3 is 2.50 bits per heavy atom. The van der Waals surface area contributed by atoms with E-state index >= 15 is 0 Å². The van der Waals surface area contributed by atoms with Gasteiger partial charge in [0.15, 0.2) is 0 Å². The van der Waals surface area contributed by atoms with Crippen molar-refractivity contribution >= 4 is 0 Å². The van der Waals surface area contributed by atoms with Crippen LogP contribution in [-0.2, 0) is 6.54 Å². The topological polar surface area (TPSA) is 67.8 Å². The number of nitrogens with zero attached hydrogens (tertiary/aromatic N) is 2. The van der Waals surface area contributed by atoms with Gasteiger partial charge in [-0.1, -0.05) is 18.6 Å². The Morgan fingerprint density at radius 1 is 1.13 bits per heavy atom. The molecule has 1 N–H and O–H groups in total. The van der Waals surface area contributed by atoms with Crippen molar-refractivity contribution in [3.8, 4) is 11.5 Å². The first-order valence-corrected chi connectivity index (χ1v) is 10.4. The van der Waals surface area contributed by atoms with Crippen molar-refractivity contribution in [1.29, 1.82) is 0 Å². The Hall–Kier alpha value is -2.99. The van der Waals surface area contributed by atoms with Gasteiger partial charge in [-0.2, -0.15) is 0 Å². The Kier molecular flexibility index (Phi) is 5.95. The zero-order valence-corrected chi connectivity index (χ0v) is 17.5. The number of hydrogen-bond donors (Lipinski definition) is 1. The van der Waals surface area contributed by atoms with Gasteiger partial charge in [-0.25, -0.2) is 0 Å². The van der Waals surface area contributed by atoms with Crippen LogP contribution in [0.1, 0.15) is 47.9 Å². The molecule has 0 radical (unpaired) electrons. The van der Waals surface area contributed by atoms with Gasteiger partial charge in [0, 0.05) is 5.69 Å². The van der Waals surface area contributed by atoms with Crippen LogP contribution in [0.3, 0.4) is 0 Å². The van der Waals surface area contributed by atoms with Crippen LogP contribution in [0.25, 0.3) is 0 Å². The summed E-state index contributed by atoms with van der Waals surface area (Å²) in [5, 5.41) is 10.9. The molecule has 0 saturated carbocycles. The number of piperidine rings is 1. The monoisotopic (exact) mass is 408 g/mol. The van der Waals surface area contributed by atoms with E-state index in [0.29, 0.717) is 23.6 Å². The first-order valence-electron chi connectivity index (χ1n) is 10.4. The standard InChI is InChI=1S/C24H28N2O4/c1-17-15-21(27)22(24(28)26(17)16-20-7-6-14-30-20)23(25-12-4-3-5-13-25)18-8-10-19(29-2)11-9-18/h6-11,14-15,23,27H,3-5,12-13,16H2,1-2H3/t23-/m1/s1. The summed E-state index contributed by atoms with van der Waals surface area (Å²) in [7, 11) is 1.64. The van der Waals surface area contributed by atoms with E-state index in [1.54, 1.807) is 24.0 Å². The molecule has 1 saturated heterocycles.